The summed E-state index contributed by atoms with van der Waals surface area (Å²) in [6, 6.07) is 2.31. The van der Waals surface area contributed by atoms with Crippen molar-refractivity contribution < 1.29 is 9.18 Å². The van der Waals surface area contributed by atoms with E-state index in [1.54, 1.807) is 7.05 Å². The average Bonchev–Trinajstić information content (AvgIpc) is 3.28. The van der Waals surface area contributed by atoms with Crippen molar-refractivity contribution in [3.05, 3.63) is 52.5 Å². The monoisotopic (exact) mass is 441 g/mol. The molecule has 1 aliphatic rings. The number of aromatic nitrogens is 5. The first-order chi connectivity index (χ1) is 15.3. The lowest BCUT2D eigenvalue weighted by atomic mass is 9.91. The highest BCUT2D eigenvalue weighted by molar-refractivity contribution is 5.98. The molecule has 0 aromatic carbocycles. The Bertz CT molecular complexity index is 1190. The second kappa shape index (κ2) is 8.75. The molecule has 0 saturated heterocycles. The van der Waals surface area contributed by atoms with E-state index in [0.29, 0.717) is 5.69 Å². The van der Waals surface area contributed by atoms with Crippen LogP contribution >= 0.6 is 0 Å². The minimum Gasteiger partial charge on any atom is -0.365 e. The smallest absolute Gasteiger partial charge is 0.276 e. The van der Waals surface area contributed by atoms with Gasteiger partial charge < -0.3 is 26.7 Å². The maximum Gasteiger partial charge on any atom is 0.276 e. The van der Waals surface area contributed by atoms with E-state index < -0.39 is 11.7 Å². The lowest BCUT2D eigenvalue weighted by Crippen LogP contribution is -2.43. The third-order valence-corrected chi connectivity index (χ3v) is 5.48. The maximum absolute atomic E-state index is 14.7. The summed E-state index contributed by atoms with van der Waals surface area (Å²) < 4.78 is 17.4. The molecule has 6 N–H and O–H groups in total. The maximum atomic E-state index is 14.7. The number of anilines is 3. The third-order valence-electron chi connectivity index (χ3n) is 5.48. The molecule has 1 aliphatic carbocycles. The van der Waals surface area contributed by atoms with Gasteiger partial charge in [-0.05, 0) is 25.0 Å². The molecule has 1 saturated carbocycles. The lowest BCUT2D eigenvalue weighted by molar-refractivity contribution is 0.100. The predicted octanol–water partition coefficient (Wildman–Crippen LogP) is 1.02. The van der Waals surface area contributed by atoms with Crippen LogP contribution in [0.5, 0.6) is 0 Å². The predicted molar refractivity (Wildman–Crippen MR) is 116 cm³/mol. The van der Waals surface area contributed by atoms with Crippen LogP contribution in [0.15, 0.2) is 35.5 Å². The normalized spacial score (nSPS) is 18.3. The number of hydrogen-bond donors (Lipinski definition) is 4. The molecule has 168 valence electrons. The summed E-state index contributed by atoms with van der Waals surface area (Å²) in [6.45, 7) is 0. The van der Waals surface area contributed by atoms with E-state index >= 15 is 0 Å². The Balaban J connectivity index is 1.71. The van der Waals surface area contributed by atoms with Gasteiger partial charge in [0.05, 0.1) is 23.6 Å². The zero-order valence-corrected chi connectivity index (χ0v) is 17.5. The van der Waals surface area contributed by atoms with Crippen molar-refractivity contribution in [2.45, 2.75) is 37.8 Å². The fourth-order valence-corrected chi connectivity index (χ4v) is 3.79. The summed E-state index contributed by atoms with van der Waals surface area (Å²) in [6.07, 6.45) is 8.14. The Morgan fingerprint density at radius 3 is 2.72 bits per heavy atom. The largest absolute Gasteiger partial charge is 0.365 e. The molecule has 32 heavy (non-hydrogen) atoms. The highest BCUT2D eigenvalue weighted by atomic mass is 19.1. The first-order valence-corrected chi connectivity index (χ1v) is 10.2. The van der Waals surface area contributed by atoms with Gasteiger partial charge >= 0.3 is 0 Å². The van der Waals surface area contributed by atoms with E-state index in [4.69, 9.17) is 11.5 Å². The fourth-order valence-electron chi connectivity index (χ4n) is 3.79. The van der Waals surface area contributed by atoms with Gasteiger partial charge in [0.15, 0.2) is 11.6 Å². The molecule has 0 spiro atoms. The third kappa shape index (κ3) is 4.30. The quantitative estimate of drug-likeness (QED) is 0.441. The molecule has 0 bridgehead atoms. The van der Waals surface area contributed by atoms with Crippen molar-refractivity contribution in [2.75, 3.05) is 10.6 Å². The number of aryl methyl sites for hydroxylation is 1. The summed E-state index contributed by atoms with van der Waals surface area (Å²) in [5.41, 5.74) is 11.8. The number of nitrogens with two attached hydrogens (primary N) is 2. The molecule has 3 aromatic heterocycles. The molecule has 11 nitrogen and oxygen atoms in total. The fraction of sp³-hybridized carbons (Fsp3) is 0.350. The number of halogens is 1. The molecule has 1 amide bonds. The number of rotatable bonds is 6. The zero-order valence-electron chi connectivity index (χ0n) is 17.5. The standard InChI is InChI=1S/C20H24FN9O2/c1-29-10-11(8-16(20(29)32)30-7-6-24-28-30)25-18-12(17(23)31)9-13(21)19(27-18)26-15-5-3-2-4-14(15)22/h6-10,14-15H,2-5,22H2,1H3,(H2,23,31)(H2,25,26,27)/t14-,15+/m0/s1. The minimum absolute atomic E-state index is 0.0267. The van der Waals surface area contributed by atoms with E-state index in [1.165, 1.54) is 33.9 Å². The zero-order chi connectivity index (χ0) is 22.8. The number of amides is 1. The number of carbonyl (C=O) groups is 1. The van der Waals surface area contributed by atoms with E-state index in [0.717, 1.165) is 31.7 Å². The van der Waals surface area contributed by atoms with Gasteiger partial charge in [0, 0.05) is 25.3 Å². The van der Waals surface area contributed by atoms with Crippen LogP contribution in [0.3, 0.4) is 0 Å². The minimum atomic E-state index is -0.846. The molecule has 12 heteroatoms. The first kappa shape index (κ1) is 21.4. The topological polar surface area (TPSA) is 159 Å². The van der Waals surface area contributed by atoms with Gasteiger partial charge in [-0.15, -0.1) is 5.10 Å². The van der Waals surface area contributed by atoms with Gasteiger partial charge in [0.1, 0.15) is 11.5 Å². The molecule has 0 radical (unpaired) electrons. The Morgan fingerprint density at radius 1 is 1.25 bits per heavy atom. The van der Waals surface area contributed by atoms with E-state index in [9.17, 15) is 14.0 Å². The Morgan fingerprint density at radius 2 is 2.03 bits per heavy atom. The SMILES string of the molecule is Cn1cc(Nc2nc(N[C@@H]3CCCC[C@@H]3N)c(F)cc2C(N)=O)cc(-n2ccnn2)c1=O. The molecule has 0 aliphatic heterocycles. The number of carbonyl (C=O) groups excluding carboxylic acids is 1. The van der Waals surface area contributed by atoms with Crippen molar-refractivity contribution in [2.24, 2.45) is 18.5 Å². The van der Waals surface area contributed by atoms with Gasteiger partial charge in [0.25, 0.3) is 11.5 Å². The van der Waals surface area contributed by atoms with Crippen LogP contribution in [0.25, 0.3) is 5.69 Å². The van der Waals surface area contributed by atoms with Crippen LogP contribution < -0.4 is 27.7 Å². The number of nitrogens with zero attached hydrogens (tertiary/aromatic N) is 5. The Labute approximate surface area is 182 Å². The van der Waals surface area contributed by atoms with Crippen LogP contribution in [0, 0.1) is 5.82 Å². The lowest BCUT2D eigenvalue weighted by Gasteiger charge is -2.30. The van der Waals surface area contributed by atoms with Crippen LogP contribution in [0.4, 0.5) is 21.7 Å². The summed E-state index contributed by atoms with van der Waals surface area (Å²) in [5, 5.41) is 13.6. The first-order valence-electron chi connectivity index (χ1n) is 10.2. The molecular formula is C20H24FN9O2. The highest BCUT2D eigenvalue weighted by Crippen LogP contribution is 2.27. The molecule has 4 rings (SSSR count). The van der Waals surface area contributed by atoms with Gasteiger partial charge in [0.2, 0.25) is 0 Å². The van der Waals surface area contributed by atoms with Gasteiger partial charge in [-0.2, -0.15) is 0 Å². The number of hydrogen-bond acceptors (Lipinski definition) is 8. The van der Waals surface area contributed by atoms with E-state index in [1.807, 2.05) is 0 Å². The van der Waals surface area contributed by atoms with Crippen LogP contribution in [-0.4, -0.2) is 42.5 Å². The molecule has 0 unspecified atom stereocenters. The van der Waals surface area contributed by atoms with Gasteiger partial charge in [-0.25, -0.2) is 14.1 Å². The average molecular weight is 441 g/mol. The second-order valence-corrected chi connectivity index (χ2v) is 7.78. The van der Waals surface area contributed by atoms with Crippen LogP contribution in [0.1, 0.15) is 36.0 Å². The van der Waals surface area contributed by atoms with Crippen LogP contribution in [0.2, 0.25) is 0 Å². The number of primary amides is 1. The molecule has 3 aromatic rings. The van der Waals surface area contributed by atoms with Crippen molar-refractivity contribution >= 4 is 23.2 Å². The molecule has 3 heterocycles. The Kier molecular flexibility index (Phi) is 5.86. The van der Waals surface area contributed by atoms with E-state index in [2.05, 4.69) is 25.9 Å². The van der Waals surface area contributed by atoms with Gasteiger partial charge in [-0.3, -0.25) is 9.59 Å². The highest BCUT2D eigenvalue weighted by Gasteiger charge is 2.24. The van der Waals surface area contributed by atoms with Crippen molar-refractivity contribution in [1.82, 2.24) is 24.5 Å². The van der Waals surface area contributed by atoms with Crippen molar-refractivity contribution in [1.29, 1.82) is 0 Å². The summed E-state index contributed by atoms with van der Waals surface area (Å²) >= 11 is 0. The van der Waals surface area contributed by atoms with Crippen molar-refractivity contribution in [3.8, 4) is 5.69 Å². The van der Waals surface area contributed by atoms with Gasteiger partial charge in [-0.1, -0.05) is 18.1 Å². The molecule has 1 fully saturated rings. The van der Waals surface area contributed by atoms with Crippen molar-refractivity contribution in [3.63, 3.8) is 0 Å². The second-order valence-electron chi connectivity index (χ2n) is 7.78. The van der Waals surface area contributed by atoms with E-state index in [-0.39, 0.29) is 40.5 Å². The summed E-state index contributed by atoms with van der Waals surface area (Å²) in [7, 11) is 1.57. The number of nitrogens with one attached hydrogen (secondary N) is 2. The summed E-state index contributed by atoms with van der Waals surface area (Å²) in [4.78, 5) is 28.7. The van der Waals surface area contributed by atoms with Crippen LogP contribution in [-0.2, 0) is 7.05 Å². The molecular weight excluding hydrogens is 417 g/mol. The molecule has 2 atom stereocenters. The Hall–Kier alpha value is -3.80. The summed E-state index contributed by atoms with van der Waals surface area (Å²) in [5.74, 6) is -1.53. The number of pyridine rings is 2.